The van der Waals surface area contributed by atoms with E-state index in [-0.39, 0.29) is 52.1 Å². The number of hydrogen-bond acceptors (Lipinski definition) is 14. The van der Waals surface area contributed by atoms with Crippen molar-refractivity contribution >= 4 is 0 Å². The molecule has 5 aliphatic carbocycles. The maximum atomic E-state index is 12.2. The second kappa shape index (κ2) is 13.2. The van der Waals surface area contributed by atoms with Gasteiger partial charge in [-0.3, -0.25) is 0 Å². The van der Waals surface area contributed by atoms with Crippen LogP contribution in [0.2, 0.25) is 0 Å². The van der Waals surface area contributed by atoms with Crippen LogP contribution < -0.4 is 0 Å². The second-order valence-electron chi connectivity index (χ2n) is 21.1. The average Bonchev–Trinajstić information content (AvgIpc) is 3.47. The summed E-state index contributed by atoms with van der Waals surface area (Å²) < 4.78 is 31.9. The number of rotatable bonds is 7. The first-order valence-electron chi connectivity index (χ1n) is 20.9. The van der Waals surface area contributed by atoms with Crippen molar-refractivity contribution in [2.45, 2.75) is 197 Å². The second-order valence-corrected chi connectivity index (χ2v) is 21.1. The highest BCUT2D eigenvalue weighted by atomic mass is 16.7. The Bertz CT molecular complexity index is 1460. The van der Waals surface area contributed by atoms with Gasteiger partial charge in [-0.2, -0.15) is 0 Å². The molecule has 2 spiro atoms. The van der Waals surface area contributed by atoms with Gasteiger partial charge in [0.15, 0.2) is 12.6 Å². The van der Waals surface area contributed by atoms with Crippen molar-refractivity contribution < 1.29 is 69.6 Å². The van der Waals surface area contributed by atoms with Crippen LogP contribution in [0.15, 0.2) is 0 Å². The van der Waals surface area contributed by atoms with Gasteiger partial charge in [0.2, 0.25) is 0 Å². The SMILES string of the molecule is CC(C)(O)[C@H]1CC[C@](C)([C@H]2[C@H](O)C[C@@]3(C)[C@@H]4C[C@H](O[C@@H]5O[C@H](CO)[C@@H](O)[C@H](O)[C@H]5O)[C@H]5C(C)(C)[C@@H](O[C@@H]6OC[C@@H](O)[C@H](O)[C@H]6O)CC[C@@]56C[C@@]46CC[C@]23C)O1. The zero-order valence-corrected chi connectivity index (χ0v) is 33.6. The van der Waals surface area contributed by atoms with E-state index in [9.17, 15) is 46.0 Å². The summed E-state index contributed by atoms with van der Waals surface area (Å²) in [5.41, 5.74) is -3.16. The van der Waals surface area contributed by atoms with Crippen molar-refractivity contribution in [2.75, 3.05) is 13.2 Å². The fourth-order valence-corrected chi connectivity index (χ4v) is 14.9. The quantitative estimate of drug-likeness (QED) is 0.162. The lowest BCUT2D eigenvalue weighted by atomic mass is 9.41. The smallest absolute Gasteiger partial charge is 0.186 e. The van der Waals surface area contributed by atoms with Crippen molar-refractivity contribution in [2.24, 2.45) is 44.8 Å². The molecule has 14 nitrogen and oxygen atoms in total. The topological polar surface area (TPSA) is 228 Å². The normalized spacial score (nSPS) is 58.7. The molecule has 0 aromatic carbocycles. The third-order valence-corrected chi connectivity index (χ3v) is 17.6. The van der Waals surface area contributed by atoms with Crippen LogP contribution in [0.3, 0.4) is 0 Å². The van der Waals surface area contributed by atoms with Crippen LogP contribution >= 0.6 is 0 Å². The first-order chi connectivity index (χ1) is 25.5. The van der Waals surface area contributed by atoms with E-state index >= 15 is 0 Å². The molecule has 316 valence electrons. The largest absolute Gasteiger partial charge is 0.394 e. The summed E-state index contributed by atoms with van der Waals surface area (Å²) in [6.07, 6.45) is -7.48. The molecule has 3 aliphatic heterocycles. The first kappa shape index (κ1) is 41.2. The van der Waals surface area contributed by atoms with Gasteiger partial charge < -0.3 is 69.6 Å². The molecule has 0 unspecified atom stereocenters. The zero-order chi connectivity index (χ0) is 40.1. The lowest BCUT2D eigenvalue weighted by Gasteiger charge is -2.65. The predicted molar refractivity (Wildman–Crippen MR) is 194 cm³/mol. The number of ether oxygens (including phenoxy) is 5. The third-order valence-electron chi connectivity index (χ3n) is 17.6. The molecule has 0 radical (unpaired) electrons. The van der Waals surface area contributed by atoms with Crippen molar-refractivity contribution in [3.05, 3.63) is 0 Å². The summed E-state index contributed by atoms with van der Waals surface area (Å²) >= 11 is 0. The van der Waals surface area contributed by atoms with Crippen molar-refractivity contribution in [3.8, 4) is 0 Å². The Labute approximate surface area is 324 Å². The van der Waals surface area contributed by atoms with Crippen LogP contribution in [0.25, 0.3) is 0 Å². The molecule has 3 heterocycles. The fourth-order valence-electron chi connectivity index (χ4n) is 14.9. The highest BCUT2D eigenvalue weighted by molar-refractivity contribution is 5.33. The first-order valence-corrected chi connectivity index (χ1v) is 20.9. The third kappa shape index (κ3) is 5.70. The molecule has 9 N–H and O–H groups in total. The van der Waals surface area contributed by atoms with Crippen molar-refractivity contribution in [3.63, 3.8) is 0 Å². The number of hydrogen-bond donors (Lipinski definition) is 9. The molecule has 8 fully saturated rings. The van der Waals surface area contributed by atoms with Gasteiger partial charge in [0.05, 0.1) is 48.8 Å². The molecule has 21 atom stereocenters. The zero-order valence-electron chi connectivity index (χ0n) is 33.6. The van der Waals surface area contributed by atoms with Gasteiger partial charge in [-0.25, -0.2) is 0 Å². The highest BCUT2D eigenvalue weighted by Gasteiger charge is 2.85. The van der Waals surface area contributed by atoms with Crippen LogP contribution in [0.1, 0.15) is 106 Å². The molecule has 8 aliphatic rings. The van der Waals surface area contributed by atoms with Crippen LogP contribution in [0.5, 0.6) is 0 Å². The van der Waals surface area contributed by atoms with Gasteiger partial charge in [-0.15, -0.1) is 0 Å². The van der Waals surface area contributed by atoms with E-state index in [4.69, 9.17) is 23.7 Å². The number of aliphatic hydroxyl groups is 9. The minimum absolute atomic E-state index is 0.0633. The molecule has 5 saturated carbocycles. The molecule has 55 heavy (non-hydrogen) atoms. The predicted octanol–water partition coefficient (Wildman–Crippen LogP) is 0.724. The van der Waals surface area contributed by atoms with Crippen LogP contribution in [0.4, 0.5) is 0 Å². The molecular weight excluding hydrogens is 716 g/mol. The molecule has 0 amide bonds. The maximum absolute atomic E-state index is 12.2. The van der Waals surface area contributed by atoms with E-state index in [1.807, 2.05) is 0 Å². The Morgan fingerprint density at radius 1 is 0.709 bits per heavy atom. The van der Waals surface area contributed by atoms with Crippen molar-refractivity contribution in [1.82, 2.24) is 0 Å². The minimum atomic E-state index is -1.60. The number of fused-ring (bicyclic) bond motifs is 2. The van der Waals surface area contributed by atoms with E-state index < -0.39 is 96.8 Å². The minimum Gasteiger partial charge on any atom is -0.394 e. The van der Waals surface area contributed by atoms with E-state index in [1.165, 1.54) is 0 Å². The van der Waals surface area contributed by atoms with Gasteiger partial charge in [0.25, 0.3) is 0 Å². The number of aliphatic hydroxyl groups excluding tert-OH is 8. The van der Waals surface area contributed by atoms with Crippen molar-refractivity contribution in [1.29, 1.82) is 0 Å². The standard InChI is InChI=1S/C41H68O14/c1-35(2)24(54-33-29(48)26(45)20(44)17-51-33)9-11-41-18-40(41)13-12-37(5)31(39(7)10-8-25(55-39)36(3,4)50)19(43)15-38(37,6)23(40)14-21(32(35)41)52-34-30(49)28(47)27(46)22(16-42)53-34/h19-34,42-50H,8-18H2,1-7H3/t19-,20-,21+,22-,23+,24+,25-,26+,27-,28+,29-,30-,31+,32+,33+,34-,37-,38+,39-,40+,41-/m1/s1. The van der Waals surface area contributed by atoms with Gasteiger partial charge in [0.1, 0.15) is 42.7 Å². The summed E-state index contributed by atoms with van der Waals surface area (Å²) in [5.74, 6) is -0.215. The van der Waals surface area contributed by atoms with Crippen LogP contribution in [-0.2, 0) is 23.7 Å². The van der Waals surface area contributed by atoms with Gasteiger partial charge >= 0.3 is 0 Å². The monoisotopic (exact) mass is 784 g/mol. The van der Waals surface area contributed by atoms with Gasteiger partial charge in [0, 0.05) is 5.92 Å². The summed E-state index contributed by atoms with van der Waals surface area (Å²) in [5, 5.41) is 97.2. The Balaban J connectivity index is 1.15. The maximum Gasteiger partial charge on any atom is 0.186 e. The highest BCUT2D eigenvalue weighted by Crippen LogP contribution is 2.89. The van der Waals surface area contributed by atoms with E-state index in [0.29, 0.717) is 25.7 Å². The van der Waals surface area contributed by atoms with E-state index in [1.54, 1.807) is 13.8 Å². The molecule has 8 rings (SSSR count). The summed E-state index contributed by atoms with van der Waals surface area (Å²) in [4.78, 5) is 0. The molecular formula is C41H68O14. The molecule has 0 aromatic heterocycles. The Morgan fingerprint density at radius 3 is 2.05 bits per heavy atom. The van der Waals surface area contributed by atoms with E-state index in [2.05, 4.69) is 34.6 Å². The Kier molecular flexibility index (Phi) is 9.90. The van der Waals surface area contributed by atoms with Crippen LogP contribution in [0, 0.1) is 44.8 Å². The van der Waals surface area contributed by atoms with E-state index in [0.717, 1.165) is 32.1 Å². The Morgan fingerprint density at radius 2 is 1.40 bits per heavy atom. The molecule has 0 aromatic rings. The van der Waals surface area contributed by atoms with Crippen LogP contribution in [-0.4, -0.2) is 150 Å². The Hall–Kier alpha value is -0.560. The summed E-state index contributed by atoms with van der Waals surface area (Å²) in [6, 6.07) is 0. The van der Waals surface area contributed by atoms with Gasteiger partial charge in [-0.1, -0.05) is 27.7 Å². The molecule has 14 heteroatoms. The average molecular weight is 785 g/mol. The summed E-state index contributed by atoms with van der Waals surface area (Å²) in [6.45, 7) is 13.8. The lowest BCUT2D eigenvalue weighted by Crippen LogP contribution is -2.65. The lowest BCUT2D eigenvalue weighted by molar-refractivity contribution is -0.339. The summed E-state index contributed by atoms with van der Waals surface area (Å²) in [7, 11) is 0. The van der Waals surface area contributed by atoms with Gasteiger partial charge in [-0.05, 0) is 117 Å². The molecule has 0 bridgehead atoms. The fraction of sp³-hybridized carbons (Fsp3) is 1.00. The molecule has 3 saturated heterocycles.